The molecule has 2 N–H and O–H groups in total. The highest BCUT2D eigenvalue weighted by atomic mass is 32.2. The van der Waals surface area contributed by atoms with Gasteiger partial charge in [-0.05, 0) is 92.9 Å². The fraction of sp³-hybridized carbons (Fsp3) is 0.265. The molecule has 0 bridgehead atoms. The Labute approximate surface area is 283 Å². The SMILES string of the molecule is CC(C)(N[C@H]1C[C@@H](c2cccc(C#N)c2)N(c2ccc(OC(F)(F)F)cc2)C1=O)c1ccc(C(F)(F)F)nc1.Cc1ccc(S(=O)(=O)O)cc1. The standard InChI is InChI=1S/C27H22F6N4O2.C7H8O3S/c1-25(2,18-6-11-23(35-15-18)26(28,29)30)36-21-13-22(17-5-3-4-16(12-17)14-34)37(24(21)38)19-7-9-20(10-8-19)39-27(31,32)33;1-6-2-4-7(5-3-6)11(8,9)10/h3-12,15,21-22,36H,13H2,1-2H3;2-5H,1H3,(H,8,9,10)/t21-,22-;/m0./s1. The van der Waals surface area contributed by atoms with Gasteiger partial charge in [0.2, 0.25) is 5.91 Å². The van der Waals surface area contributed by atoms with Crippen molar-refractivity contribution in [2.24, 2.45) is 0 Å². The van der Waals surface area contributed by atoms with Gasteiger partial charge in [0.1, 0.15) is 11.4 Å². The lowest BCUT2D eigenvalue weighted by molar-refractivity contribution is -0.274. The van der Waals surface area contributed by atoms with Crippen molar-refractivity contribution in [3.63, 3.8) is 0 Å². The van der Waals surface area contributed by atoms with Crippen LogP contribution in [0.3, 0.4) is 0 Å². The van der Waals surface area contributed by atoms with Crippen LogP contribution in [0.15, 0.2) is 96.0 Å². The van der Waals surface area contributed by atoms with Crippen LogP contribution in [0.2, 0.25) is 0 Å². The number of nitrogens with one attached hydrogen (secondary N) is 1. The number of aryl methyl sites for hydroxylation is 1. The van der Waals surface area contributed by atoms with Crippen LogP contribution < -0.4 is 15.0 Å². The first kappa shape index (κ1) is 37.8. The minimum absolute atomic E-state index is 0.0666. The number of ether oxygens (including phenoxy) is 1. The maximum Gasteiger partial charge on any atom is 0.573 e. The highest BCUT2D eigenvalue weighted by Gasteiger charge is 2.44. The number of rotatable bonds is 7. The summed E-state index contributed by atoms with van der Waals surface area (Å²) in [6.07, 6.45) is -8.16. The van der Waals surface area contributed by atoms with Gasteiger partial charge in [-0.3, -0.25) is 19.6 Å². The van der Waals surface area contributed by atoms with Crippen molar-refractivity contribution in [1.82, 2.24) is 10.3 Å². The summed E-state index contributed by atoms with van der Waals surface area (Å²) in [7, 11) is -4.02. The summed E-state index contributed by atoms with van der Waals surface area (Å²) in [5.74, 6) is -0.855. The van der Waals surface area contributed by atoms with Gasteiger partial charge in [0, 0.05) is 17.4 Å². The zero-order valence-corrected chi connectivity index (χ0v) is 27.4. The van der Waals surface area contributed by atoms with Crippen LogP contribution in [0.5, 0.6) is 5.75 Å². The summed E-state index contributed by atoms with van der Waals surface area (Å²) >= 11 is 0. The van der Waals surface area contributed by atoms with Gasteiger partial charge in [0.05, 0.1) is 28.6 Å². The fourth-order valence-electron chi connectivity index (χ4n) is 5.25. The average molecular weight is 721 g/mol. The lowest BCUT2D eigenvalue weighted by Crippen LogP contribution is -2.47. The van der Waals surface area contributed by atoms with E-state index < -0.39 is 57.6 Å². The number of benzene rings is 3. The number of hydrogen-bond acceptors (Lipinski definition) is 7. The third-order valence-corrected chi connectivity index (χ3v) is 8.55. The van der Waals surface area contributed by atoms with Gasteiger partial charge in [-0.15, -0.1) is 13.2 Å². The van der Waals surface area contributed by atoms with Gasteiger partial charge in [0.25, 0.3) is 10.1 Å². The predicted octanol–water partition coefficient (Wildman–Crippen LogP) is 7.48. The maximum absolute atomic E-state index is 13.7. The number of carbonyl (C=O) groups is 1. The van der Waals surface area contributed by atoms with Crippen LogP contribution in [0.4, 0.5) is 32.0 Å². The number of pyridine rings is 1. The molecule has 1 aliphatic rings. The second-order valence-corrected chi connectivity index (χ2v) is 13.2. The zero-order valence-electron chi connectivity index (χ0n) is 26.6. The number of anilines is 1. The molecule has 0 unspecified atom stereocenters. The van der Waals surface area contributed by atoms with E-state index in [1.165, 1.54) is 35.2 Å². The lowest BCUT2D eigenvalue weighted by atomic mass is 9.93. The van der Waals surface area contributed by atoms with E-state index in [2.05, 4.69) is 15.0 Å². The van der Waals surface area contributed by atoms with Crippen LogP contribution in [-0.2, 0) is 26.6 Å². The van der Waals surface area contributed by atoms with Crippen LogP contribution in [-0.4, -0.2) is 36.3 Å². The number of halogens is 6. The van der Waals surface area contributed by atoms with Crippen LogP contribution in [0, 0.1) is 18.3 Å². The molecule has 5 rings (SSSR count). The molecule has 4 aromatic rings. The Kier molecular flexibility index (Phi) is 11.0. The lowest BCUT2D eigenvalue weighted by Gasteiger charge is -2.30. The second kappa shape index (κ2) is 14.5. The minimum Gasteiger partial charge on any atom is -0.406 e. The first-order valence-electron chi connectivity index (χ1n) is 14.7. The Bertz CT molecular complexity index is 1960. The summed E-state index contributed by atoms with van der Waals surface area (Å²) < 4.78 is 110. The van der Waals surface area contributed by atoms with Crippen molar-refractivity contribution in [2.45, 2.75) is 62.2 Å². The van der Waals surface area contributed by atoms with E-state index in [1.807, 2.05) is 13.0 Å². The van der Waals surface area contributed by atoms with E-state index >= 15 is 0 Å². The van der Waals surface area contributed by atoms with Gasteiger partial charge in [0.15, 0.2) is 0 Å². The Morgan fingerprint density at radius 2 is 1.60 bits per heavy atom. The molecule has 1 amide bonds. The van der Waals surface area contributed by atoms with E-state index in [0.717, 1.165) is 30.0 Å². The molecule has 264 valence electrons. The number of hydrogen-bond donors (Lipinski definition) is 2. The average Bonchev–Trinajstić information content (AvgIpc) is 3.35. The van der Waals surface area contributed by atoms with Gasteiger partial charge in [-0.2, -0.15) is 26.9 Å². The quantitative estimate of drug-likeness (QED) is 0.148. The number of nitrogens with zero attached hydrogens (tertiary/aromatic N) is 3. The van der Waals surface area contributed by atoms with E-state index in [9.17, 15) is 44.8 Å². The first-order chi connectivity index (χ1) is 23.2. The molecular formula is C34H30F6N4O5S. The van der Waals surface area contributed by atoms with Crippen molar-refractivity contribution in [2.75, 3.05) is 4.90 Å². The highest BCUT2D eigenvalue weighted by molar-refractivity contribution is 7.85. The molecule has 16 heteroatoms. The summed E-state index contributed by atoms with van der Waals surface area (Å²) in [5.41, 5.74) is 0.658. The summed E-state index contributed by atoms with van der Waals surface area (Å²) in [6, 6.07) is 20.2. The van der Waals surface area contributed by atoms with Crippen molar-refractivity contribution >= 4 is 21.7 Å². The van der Waals surface area contributed by atoms with E-state index in [4.69, 9.17) is 4.55 Å². The Hall–Kier alpha value is -4.98. The van der Waals surface area contributed by atoms with E-state index in [0.29, 0.717) is 22.4 Å². The number of aromatic nitrogens is 1. The molecule has 0 radical (unpaired) electrons. The fourth-order valence-corrected chi connectivity index (χ4v) is 5.73. The third kappa shape index (κ3) is 9.59. The molecule has 1 aromatic heterocycles. The minimum atomic E-state index is -4.88. The first-order valence-corrected chi connectivity index (χ1v) is 16.2. The summed E-state index contributed by atoms with van der Waals surface area (Å²) in [4.78, 5) is 18.5. The molecule has 1 fully saturated rings. The normalized spacial score (nSPS) is 16.7. The van der Waals surface area contributed by atoms with Gasteiger partial charge < -0.3 is 9.64 Å². The third-order valence-electron chi connectivity index (χ3n) is 7.68. The van der Waals surface area contributed by atoms with Gasteiger partial charge in [-0.25, -0.2) is 0 Å². The van der Waals surface area contributed by atoms with Crippen LogP contribution >= 0.6 is 0 Å². The van der Waals surface area contributed by atoms with Gasteiger partial charge >= 0.3 is 12.5 Å². The van der Waals surface area contributed by atoms with Crippen LogP contribution in [0.1, 0.15) is 54.3 Å². The number of amides is 1. The van der Waals surface area contributed by atoms with Crippen LogP contribution in [0.25, 0.3) is 0 Å². The van der Waals surface area contributed by atoms with Crippen molar-refractivity contribution in [3.8, 4) is 11.8 Å². The van der Waals surface area contributed by atoms with E-state index in [1.54, 1.807) is 50.2 Å². The molecule has 0 aliphatic carbocycles. The van der Waals surface area contributed by atoms with Crippen molar-refractivity contribution in [1.29, 1.82) is 5.26 Å². The molecule has 1 saturated heterocycles. The topological polar surface area (TPSA) is 133 Å². The number of alkyl halides is 6. The molecule has 0 saturated carbocycles. The zero-order chi connectivity index (χ0) is 37.1. The van der Waals surface area contributed by atoms with Crippen molar-refractivity contribution in [3.05, 3.63) is 119 Å². The molecule has 2 heterocycles. The molecule has 50 heavy (non-hydrogen) atoms. The Morgan fingerprint density at radius 1 is 0.960 bits per heavy atom. The molecule has 3 aromatic carbocycles. The van der Waals surface area contributed by atoms with Gasteiger partial charge in [-0.1, -0.05) is 35.9 Å². The van der Waals surface area contributed by atoms with Crippen molar-refractivity contribution < 1.29 is 48.8 Å². The predicted molar refractivity (Wildman–Crippen MR) is 169 cm³/mol. The smallest absolute Gasteiger partial charge is 0.406 e. The second-order valence-electron chi connectivity index (χ2n) is 11.8. The maximum atomic E-state index is 13.7. The summed E-state index contributed by atoms with van der Waals surface area (Å²) in [5, 5.41) is 12.5. The summed E-state index contributed by atoms with van der Waals surface area (Å²) in [6.45, 7) is 5.23. The highest BCUT2D eigenvalue weighted by Crippen LogP contribution is 2.40. The van der Waals surface area contributed by atoms with E-state index in [-0.39, 0.29) is 11.3 Å². The number of nitriles is 1. The monoisotopic (exact) mass is 720 g/mol. The Morgan fingerprint density at radius 3 is 2.12 bits per heavy atom. The molecule has 0 spiro atoms. The Balaban J connectivity index is 0.000000435. The molecular weight excluding hydrogens is 690 g/mol. The largest absolute Gasteiger partial charge is 0.573 e. The molecule has 1 aliphatic heterocycles. The number of carbonyl (C=O) groups excluding carboxylic acids is 1. The molecule has 2 atom stereocenters. The molecule has 9 nitrogen and oxygen atoms in total.